The zero-order chi connectivity index (χ0) is 16.2. The number of aryl methyl sites for hydroxylation is 1. The van der Waals surface area contributed by atoms with Gasteiger partial charge in [0.1, 0.15) is 5.82 Å². The molecule has 0 bridgehead atoms. The molecule has 0 radical (unpaired) electrons. The van der Waals surface area contributed by atoms with Crippen molar-refractivity contribution in [2.45, 2.75) is 32.2 Å². The summed E-state index contributed by atoms with van der Waals surface area (Å²) in [6, 6.07) is 2.78. The summed E-state index contributed by atoms with van der Waals surface area (Å²) in [5, 5.41) is 2.84. The summed E-state index contributed by atoms with van der Waals surface area (Å²) in [5.74, 6) is -0.369. The van der Waals surface area contributed by atoms with Crippen molar-refractivity contribution in [1.82, 2.24) is 9.62 Å². The van der Waals surface area contributed by atoms with Crippen molar-refractivity contribution in [2.75, 3.05) is 20.1 Å². The highest BCUT2D eigenvalue weighted by atomic mass is 32.2. The molecule has 0 aromatic heterocycles. The summed E-state index contributed by atoms with van der Waals surface area (Å²) in [4.78, 5) is 0.120. The molecule has 0 heterocycles. The van der Waals surface area contributed by atoms with Crippen molar-refractivity contribution in [1.29, 1.82) is 0 Å². The van der Waals surface area contributed by atoms with Gasteiger partial charge < -0.3 is 5.32 Å². The predicted octanol–water partition coefficient (Wildman–Crippen LogP) is 2.44. The van der Waals surface area contributed by atoms with E-state index in [4.69, 9.17) is 0 Å². The molecule has 0 aliphatic heterocycles. The molecule has 0 aliphatic rings. The van der Waals surface area contributed by atoms with E-state index >= 15 is 0 Å². The van der Waals surface area contributed by atoms with E-state index in [-0.39, 0.29) is 23.8 Å². The van der Waals surface area contributed by atoms with E-state index in [1.54, 1.807) is 27.8 Å². The van der Waals surface area contributed by atoms with E-state index in [1.165, 1.54) is 16.4 Å². The molecule has 0 saturated heterocycles. The van der Waals surface area contributed by atoms with Crippen molar-refractivity contribution in [3.63, 3.8) is 0 Å². The van der Waals surface area contributed by atoms with Crippen LogP contribution in [0.5, 0.6) is 0 Å². The molecule has 1 aromatic rings. The number of nitrogens with zero attached hydrogens (tertiary/aromatic N) is 1. The van der Waals surface area contributed by atoms with Gasteiger partial charge in [-0.15, -0.1) is 0 Å². The van der Waals surface area contributed by atoms with Crippen molar-refractivity contribution < 1.29 is 12.8 Å². The van der Waals surface area contributed by atoms with Crippen LogP contribution >= 0.6 is 0 Å². The largest absolute Gasteiger partial charge is 0.316 e. The van der Waals surface area contributed by atoms with Crippen molar-refractivity contribution in [3.05, 3.63) is 41.2 Å². The second kappa shape index (κ2) is 7.15. The Balaban J connectivity index is 3.33. The second-order valence-corrected chi connectivity index (χ2v) is 7.07. The summed E-state index contributed by atoms with van der Waals surface area (Å²) < 4.78 is 40.6. The lowest BCUT2D eigenvalue weighted by Crippen LogP contribution is -2.32. The summed E-state index contributed by atoms with van der Waals surface area (Å²) in [5.41, 5.74) is 1.44. The van der Waals surface area contributed by atoms with Gasteiger partial charge in [-0.1, -0.05) is 19.1 Å². The van der Waals surface area contributed by atoms with Gasteiger partial charge >= 0.3 is 0 Å². The van der Waals surface area contributed by atoms with Gasteiger partial charge in [-0.2, -0.15) is 4.31 Å². The minimum atomic E-state index is -3.65. The lowest BCUT2D eigenvalue weighted by molar-refractivity contribution is 0.452. The van der Waals surface area contributed by atoms with Crippen LogP contribution in [0.15, 0.2) is 29.2 Å². The Bertz CT molecular complexity index is 627. The monoisotopic (exact) mass is 314 g/mol. The first-order chi connectivity index (χ1) is 9.73. The van der Waals surface area contributed by atoms with Crippen molar-refractivity contribution in [2.24, 2.45) is 0 Å². The van der Waals surface area contributed by atoms with Crippen LogP contribution in [-0.4, -0.2) is 32.9 Å². The molecule has 0 amide bonds. The summed E-state index contributed by atoms with van der Waals surface area (Å²) in [6.07, 6.45) is 0. The summed E-state index contributed by atoms with van der Waals surface area (Å²) >= 11 is 0. The lowest BCUT2D eigenvalue weighted by atomic mass is 10.1. The van der Waals surface area contributed by atoms with Crippen LogP contribution < -0.4 is 5.32 Å². The molecule has 0 aliphatic carbocycles. The first kappa shape index (κ1) is 17.8. The number of nitrogens with one attached hydrogen (secondary N) is 1. The molecule has 4 nitrogen and oxygen atoms in total. The molecule has 1 N–H and O–H groups in total. The molecule has 0 fully saturated rings. The van der Waals surface area contributed by atoms with Gasteiger partial charge in [-0.25, -0.2) is 12.8 Å². The molecule has 21 heavy (non-hydrogen) atoms. The number of rotatable bonds is 7. The fourth-order valence-corrected chi connectivity index (χ4v) is 3.74. The Kier molecular flexibility index (Phi) is 6.07. The average molecular weight is 314 g/mol. The number of hydrogen-bond donors (Lipinski definition) is 1. The third kappa shape index (κ3) is 4.12. The molecule has 0 spiro atoms. The lowest BCUT2D eigenvalue weighted by Gasteiger charge is -2.21. The number of hydrogen-bond acceptors (Lipinski definition) is 3. The van der Waals surface area contributed by atoms with Gasteiger partial charge in [0.25, 0.3) is 0 Å². The van der Waals surface area contributed by atoms with E-state index in [1.807, 2.05) is 0 Å². The van der Waals surface area contributed by atoms with Gasteiger partial charge in [0.15, 0.2) is 0 Å². The zero-order valence-corrected chi connectivity index (χ0v) is 13.8. The quantitative estimate of drug-likeness (QED) is 0.787. The van der Waals surface area contributed by atoms with E-state index in [0.717, 1.165) is 5.57 Å². The Morgan fingerprint density at radius 1 is 1.43 bits per heavy atom. The highest BCUT2D eigenvalue weighted by Crippen LogP contribution is 2.22. The van der Waals surface area contributed by atoms with Crippen LogP contribution in [0.25, 0.3) is 0 Å². The number of sulfonamides is 1. The SMILES string of the molecule is C=C(C)CN(CC)S(=O)(=O)c1cc(C)c(F)c(CNC)c1. The topological polar surface area (TPSA) is 49.4 Å². The smallest absolute Gasteiger partial charge is 0.243 e. The molecule has 6 heteroatoms. The molecule has 118 valence electrons. The number of benzene rings is 1. The van der Waals surface area contributed by atoms with E-state index in [9.17, 15) is 12.8 Å². The minimum absolute atomic E-state index is 0.120. The van der Waals surface area contributed by atoms with Crippen LogP contribution in [0.4, 0.5) is 4.39 Å². The standard InChI is InChI=1S/C15H23FN2O2S/c1-6-18(10-11(2)3)21(19,20)14-7-12(4)15(16)13(8-14)9-17-5/h7-8,17H,2,6,9-10H2,1,3-5H3. The van der Waals surface area contributed by atoms with Gasteiger partial charge in [-0.3, -0.25) is 0 Å². The summed E-state index contributed by atoms with van der Waals surface area (Å²) in [7, 11) is -1.96. The first-order valence-corrected chi connectivity index (χ1v) is 8.26. The van der Waals surface area contributed by atoms with E-state index in [2.05, 4.69) is 11.9 Å². The maximum atomic E-state index is 14.0. The van der Waals surface area contributed by atoms with Gasteiger partial charge in [0.2, 0.25) is 10.0 Å². The Labute approximate surface area is 126 Å². The summed E-state index contributed by atoms with van der Waals surface area (Å²) in [6.45, 7) is 9.75. The minimum Gasteiger partial charge on any atom is -0.316 e. The molecule has 1 rings (SSSR count). The average Bonchev–Trinajstić information content (AvgIpc) is 2.40. The maximum absolute atomic E-state index is 14.0. The van der Waals surface area contributed by atoms with Gasteiger partial charge in [-0.05, 0) is 38.6 Å². The number of likely N-dealkylation sites (N-methyl/N-ethyl adjacent to an activating group) is 1. The highest BCUT2D eigenvalue weighted by Gasteiger charge is 2.24. The Morgan fingerprint density at radius 3 is 2.52 bits per heavy atom. The normalized spacial score (nSPS) is 11.9. The third-order valence-corrected chi connectivity index (χ3v) is 5.01. The number of halogens is 1. The molecule has 0 unspecified atom stereocenters. The second-order valence-electron chi connectivity index (χ2n) is 5.13. The van der Waals surface area contributed by atoms with Crippen LogP contribution in [-0.2, 0) is 16.6 Å². The van der Waals surface area contributed by atoms with Gasteiger partial charge in [0.05, 0.1) is 4.90 Å². The molecular weight excluding hydrogens is 291 g/mol. The predicted molar refractivity (Wildman–Crippen MR) is 83.1 cm³/mol. The molecular formula is C15H23FN2O2S. The highest BCUT2D eigenvalue weighted by molar-refractivity contribution is 7.89. The molecule has 1 aromatic carbocycles. The van der Waals surface area contributed by atoms with Crippen molar-refractivity contribution in [3.8, 4) is 0 Å². The van der Waals surface area contributed by atoms with Crippen LogP contribution in [0, 0.1) is 12.7 Å². The fourth-order valence-electron chi connectivity index (χ4n) is 2.09. The van der Waals surface area contributed by atoms with Crippen LogP contribution in [0.1, 0.15) is 25.0 Å². The van der Waals surface area contributed by atoms with Crippen molar-refractivity contribution >= 4 is 10.0 Å². The zero-order valence-electron chi connectivity index (χ0n) is 13.0. The maximum Gasteiger partial charge on any atom is 0.243 e. The Hall–Kier alpha value is -1.24. The van der Waals surface area contributed by atoms with E-state index < -0.39 is 10.0 Å². The Morgan fingerprint density at radius 2 is 2.05 bits per heavy atom. The molecule has 0 saturated carbocycles. The van der Waals surface area contributed by atoms with E-state index in [0.29, 0.717) is 17.7 Å². The molecule has 0 atom stereocenters. The third-order valence-electron chi connectivity index (χ3n) is 3.11. The first-order valence-electron chi connectivity index (χ1n) is 6.82. The van der Waals surface area contributed by atoms with Crippen LogP contribution in [0.2, 0.25) is 0 Å². The van der Waals surface area contributed by atoms with Crippen LogP contribution in [0.3, 0.4) is 0 Å². The van der Waals surface area contributed by atoms with Gasteiger partial charge in [0, 0.05) is 25.2 Å². The fraction of sp³-hybridized carbons (Fsp3) is 0.467.